The van der Waals surface area contributed by atoms with Crippen molar-refractivity contribution in [1.82, 2.24) is 5.32 Å². The molecule has 7 nitrogen and oxygen atoms in total. The molecule has 0 heterocycles. The number of aliphatic carboxylic acids is 1. The Bertz CT molecular complexity index is 617. The van der Waals surface area contributed by atoms with Crippen LogP contribution in [0.4, 0.5) is 0 Å². The minimum Gasteiger partial charge on any atom is -0.496 e. The van der Waals surface area contributed by atoms with E-state index in [9.17, 15) is 19.5 Å². The highest BCUT2D eigenvalue weighted by Crippen LogP contribution is 2.24. The summed E-state index contributed by atoms with van der Waals surface area (Å²) < 4.78 is 10.2. The smallest absolute Gasteiger partial charge is 0.340 e. The molecule has 0 aliphatic carbocycles. The van der Waals surface area contributed by atoms with Crippen molar-refractivity contribution in [3.05, 3.63) is 28.8 Å². The number of carboxylic acid groups (broad SMARTS) is 1. The number of carbonyl (C=O) groups is 3. The SMILES string of the molecule is CCC(C)OC(=O)C(NC(=O)c1cc(C)c(OC)c(C)c1)C(=O)O. The lowest BCUT2D eigenvalue weighted by atomic mass is 10.0. The van der Waals surface area contributed by atoms with E-state index in [1.165, 1.54) is 7.11 Å². The zero-order valence-electron chi connectivity index (χ0n) is 14.5. The average molecular weight is 337 g/mol. The first-order chi connectivity index (χ1) is 11.2. The minimum absolute atomic E-state index is 0.244. The monoisotopic (exact) mass is 337 g/mol. The van der Waals surface area contributed by atoms with Crippen LogP contribution < -0.4 is 10.1 Å². The Morgan fingerprint density at radius 1 is 1.21 bits per heavy atom. The Labute approximate surface area is 141 Å². The molecular weight excluding hydrogens is 314 g/mol. The Kier molecular flexibility index (Phi) is 6.76. The maximum absolute atomic E-state index is 12.3. The number of amides is 1. The number of esters is 1. The number of methoxy groups -OCH3 is 1. The number of hydrogen-bond acceptors (Lipinski definition) is 5. The molecule has 0 bridgehead atoms. The van der Waals surface area contributed by atoms with Crippen molar-refractivity contribution in [3.63, 3.8) is 0 Å². The van der Waals surface area contributed by atoms with Gasteiger partial charge in [-0.1, -0.05) is 6.92 Å². The van der Waals surface area contributed by atoms with Gasteiger partial charge in [-0.25, -0.2) is 9.59 Å². The summed E-state index contributed by atoms with van der Waals surface area (Å²) in [7, 11) is 1.53. The van der Waals surface area contributed by atoms with Crippen molar-refractivity contribution in [2.75, 3.05) is 7.11 Å². The summed E-state index contributed by atoms with van der Waals surface area (Å²) in [4.78, 5) is 35.5. The first-order valence-corrected chi connectivity index (χ1v) is 7.60. The van der Waals surface area contributed by atoms with Gasteiger partial charge in [-0.3, -0.25) is 4.79 Å². The fourth-order valence-corrected chi connectivity index (χ4v) is 2.19. The maximum Gasteiger partial charge on any atom is 0.340 e. The van der Waals surface area contributed by atoms with Crippen LogP contribution in [0.3, 0.4) is 0 Å². The Morgan fingerprint density at radius 3 is 2.17 bits per heavy atom. The number of benzene rings is 1. The molecule has 0 aromatic heterocycles. The zero-order chi connectivity index (χ0) is 18.4. The standard InChI is InChI=1S/C17H23NO6/c1-6-11(4)24-17(22)13(16(20)21)18-15(19)12-7-9(2)14(23-5)10(3)8-12/h7-8,11,13H,6H2,1-5H3,(H,18,19)(H,20,21). The highest BCUT2D eigenvalue weighted by atomic mass is 16.5. The molecule has 0 fully saturated rings. The van der Waals surface area contributed by atoms with Crippen LogP contribution in [0.5, 0.6) is 5.75 Å². The molecule has 132 valence electrons. The van der Waals surface area contributed by atoms with Crippen LogP contribution in [0.25, 0.3) is 0 Å². The van der Waals surface area contributed by atoms with Crippen molar-refractivity contribution >= 4 is 17.8 Å². The van der Waals surface area contributed by atoms with Gasteiger partial charge in [0.05, 0.1) is 13.2 Å². The normalized spacial score (nSPS) is 12.9. The topological polar surface area (TPSA) is 102 Å². The number of hydrogen-bond donors (Lipinski definition) is 2. The van der Waals surface area contributed by atoms with Gasteiger partial charge in [0, 0.05) is 5.56 Å². The number of aryl methyl sites for hydroxylation is 2. The maximum atomic E-state index is 12.3. The summed E-state index contributed by atoms with van der Waals surface area (Å²) in [6.07, 6.45) is 0.116. The van der Waals surface area contributed by atoms with Gasteiger partial charge in [0.25, 0.3) is 5.91 Å². The van der Waals surface area contributed by atoms with Crippen molar-refractivity contribution in [3.8, 4) is 5.75 Å². The van der Waals surface area contributed by atoms with Crippen molar-refractivity contribution < 1.29 is 29.0 Å². The van der Waals surface area contributed by atoms with Crippen LogP contribution in [0.15, 0.2) is 12.1 Å². The minimum atomic E-state index is -1.76. The Balaban J connectivity index is 2.98. The van der Waals surface area contributed by atoms with Gasteiger partial charge in [-0.15, -0.1) is 0 Å². The molecular formula is C17H23NO6. The van der Waals surface area contributed by atoms with E-state index in [2.05, 4.69) is 5.32 Å². The van der Waals surface area contributed by atoms with E-state index in [0.717, 1.165) is 11.1 Å². The number of ether oxygens (including phenoxy) is 2. The van der Waals surface area contributed by atoms with Crippen LogP contribution >= 0.6 is 0 Å². The van der Waals surface area contributed by atoms with E-state index >= 15 is 0 Å². The van der Waals surface area contributed by atoms with Gasteiger partial charge in [0.1, 0.15) is 5.75 Å². The number of carbonyl (C=O) groups excluding carboxylic acids is 2. The first-order valence-electron chi connectivity index (χ1n) is 7.60. The van der Waals surface area contributed by atoms with Crippen molar-refractivity contribution in [2.45, 2.75) is 46.3 Å². The molecule has 0 saturated heterocycles. The third-order valence-electron chi connectivity index (χ3n) is 3.58. The quantitative estimate of drug-likeness (QED) is 0.581. The molecule has 0 aliphatic heterocycles. The van der Waals surface area contributed by atoms with Gasteiger partial charge in [0.15, 0.2) is 0 Å². The number of carboxylic acids is 1. The second kappa shape index (κ2) is 8.33. The summed E-state index contributed by atoms with van der Waals surface area (Å²) >= 11 is 0. The molecule has 0 aliphatic rings. The Morgan fingerprint density at radius 2 is 1.75 bits per heavy atom. The zero-order valence-corrected chi connectivity index (χ0v) is 14.5. The van der Waals surface area contributed by atoms with Crippen LogP contribution in [0, 0.1) is 13.8 Å². The molecule has 1 amide bonds. The molecule has 24 heavy (non-hydrogen) atoms. The highest BCUT2D eigenvalue weighted by molar-refractivity contribution is 6.05. The molecule has 0 spiro atoms. The molecule has 0 radical (unpaired) electrons. The van der Waals surface area contributed by atoms with Crippen molar-refractivity contribution in [1.29, 1.82) is 0 Å². The van der Waals surface area contributed by atoms with E-state index in [4.69, 9.17) is 9.47 Å². The second-order valence-corrected chi connectivity index (χ2v) is 5.54. The lowest BCUT2D eigenvalue weighted by Gasteiger charge is -2.17. The third kappa shape index (κ3) is 4.71. The van der Waals surface area contributed by atoms with Crippen LogP contribution in [0.1, 0.15) is 41.8 Å². The van der Waals surface area contributed by atoms with E-state index in [-0.39, 0.29) is 5.56 Å². The van der Waals surface area contributed by atoms with Gasteiger partial charge < -0.3 is 19.9 Å². The summed E-state index contributed by atoms with van der Waals surface area (Å²) in [5.41, 5.74) is 1.71. The molecule has 0 saturated carbocycles. The Hall–Kier alpha value is -2.57. The lowest BCUT2D eigenvalue weighted by Crippen LogP contribution is -2.48. The third-order valence-corrected chi connectivity index (χ3v) is 3.58. The van der Waals surface area contributed by atoms with E-state index in [1.807, 2.05) is 0 Å². The average Bonchev–Trinajstić information content (AvgIpc) is 2.51. The van der Waals surface area contributed by atoms with E-state index in [1.54, 1.807) is 39.8 Å². The second-order valence-electron chi connectivity index (χ2n) is 5.54. The molecule has 2 unspecified atom stereocenters. The number of rotatable bonds is 7. The first kappa shape index (κ1) is 19.5. The fraction of sp³-hybridized carbons (Fsp3) is 0.471. The molecule has 1 aromatic rings. The molecule has 2 atom stereocenters. The largest absolute Gasteiger partial charge is 0.496 e. The van der Waals surface area contributed by atoms with Gasteiger partial charge >= 0.3 is 11.9 Å². The van der Waals surface area contributed by atoms with Crippen LogP contribution in [0.2, 0.25) is 0 Å². The van der Waals surface area contributed by atoms with Crippen LogP contribution in [-0.4, -0.2) is 42.2 Å². The predicted octanol–water partition coefficient (Wildman–Crippen LogP) is 1.84. The predicted molar refractivity (Wildman–Crippen MR) is 87.2 cm³/mol. The van der Waals surface area contributed by atoms with E-state index in [0.29, 0.717) is 12.2 Å². The molecule has 1 rings (SSSR count). The van der Waals surface area contributed by atoms with E-state index < -0.39 is 30.0 Å². The summed E-state index contributed by atoms with van der Waals surface area (Å²) in [5.74, 6) is -2.49. The summed E-state index contributed by atoms with van der Waals surface area (Å²) in [5, 5.41) is 11.4. The molecule has 2 N–H and O–H groups in total. The highest BCUT2D eigenvalue weighted by Gasteiger charge is 2.31. The summed E-state index contributed by atoms with van der Waals surface area (Å²) in [6.45, 7) is 6.99. The van der Waals surface area contributed by atoms with Crippen molar-refractivity contribution in [2.24, 2.45) is 0 Å². The lowest BCUT2D eigenvalue weighted by molar-refractivity contribution is -0.158. The van der Waals surface area contributed by atoms with Crippen LogP contribution in [-0.2, 0) is 14.3 Å². The summed E-state index contributed by atoms with van der Waals surface area (Å²) in [6, 6.07) is 1.38. The van der Waals surface area contributed by atoms with Gasteiger partial charge in [0.2, 0.25) is 6.04 Å². The van der Waals surface area contributed by atoms with Gasteiger partial charge in [-0.05, 0) is 50.5 Å². The number of nitrogens with one attached hydrogen (secondary N) is 1. The van der Waals surface area contributed by atoms with Gasteiger partial charge in [-0.2, -0.15) is 0 Å². The fourth-order valence-electron chi connectivity index (χ4n) is 2.19. The molecule has 7 heteroatoms. The molecule has 1 aromatic carbocycles.